The lowest BCUT2D eigenvalue weighted by molar-refractivity contribution is 0.000729. The molecule has 0 amide bonds. The highest BCUT2D eigenvalue weighted by Crippen LogP contribution is 2.33. The fourth-order valence-corrected chi connectivity index (χ4v) is 3.93. The molecule has 2 rings (SSSR count). The Labute approximate surface area is 97.2 Å². The van der Waals surface area contributed by atoms with Crippen molar-refractivity contribution in [1.29, 1.82) is 0 Å². The molecule has 0 aromatic heterocycles. The van der Waals surface area contributed by atoms with Crippen LogP contribution in [0, 0.1) is 5.92 Å². The van der Waals surface area contributed by atoms with E-state index in [2.05, 4.69) is 5.32 Å². The highest BCUT2D eigenvalue weighted by Gasteiger charge is 2.34. The molecule has 1 saturated carbocycles. The molecule has 88 valence electrons. The van der Waals surface area contributed by atoms with E-state index in [0.717, 1.165) is 6.54 Å². The molecule has 2 fully saturated rings. The molecule has 0 bridgehead atoms. The van der Waals surface area contributed by atoms with Crippen LogP contribution in [0.2, 0.25) is 0 Å². The molecule has 3 heteroatoms. The van der Waals surface area contributed by atoms with Gasteiger partial charge in [-0.3, -0.25) is 0 Å². The van der Waals surface area contributed by atoms with Gasteiger partial charge in [-0.15, -0.1) is 0 Å². The summed E-state index contributed by atoms with van der Waals surface area (Å²) in [6.07, 6.45) is 6.31. The topological polar surface area (TPSA) is 32.3 Å². The second-order valence-corrected chi connectivity index (χ2v) is 6.43. The first-order valence-corrected chi connectivity index (χ1v) is 7.37. The highest BCUT2D eigenvalue weighted by atomic mass is 32.2. The van der Waals surface area contributed by atoms with Gasteiger partial charge in [0.25, 0.3) is 0 Å². The fraction of sp³-hybridized carbons (Fsp3) is 1.00. The van der Waals surface area contributed by atoms with E-state index in [4.69, 9.17) is 0 Å². The molecular weight excluding hydrogens is 206 g/mol. The van der Waals surface area contributed by atoms with Crippen molar-refractivity contribution in [2.45, 2.75) is 50.7 Å². The maximum Gasteiger partial charge on any atom is 0.0771 e. The predicted molar refractivity (Wildman–Crippen MR) is 66.3 cm³/mol. The first-order chi connectivity index (χ1) is 7.18. The van der Waals surface area contributed by atoms with E-state index in [1.54, 1.807) is 0 Å². The zero-order valence-electron chi connectivity index (χ0n) is 9.67. The minimum Gasteiger partial charge on any atom is -0.389 e. The standard InChI is InChI=1S/C12H23NOS/c1-12(14,10-4-2-3-5-10)9-13-11-6-7-15-8-11/h10-11,13-14H,2-9H2,1H3. The van der Waals surface area contributed by atoms with Gasteiger partial charge in [0, 0.05) is 18.3 Å². The molecule has 2 unspecified atom stereocenters. The summed E-state index contributed by atoms with van der Waals surface area (Å²) in [5.41, 5.74) is -0.482. The van der Waals surface area contributed by atoms with Gasteiger partial charge in [0.05, 0.1) is 5.60 Å². The molecule has 15 heavy (non-hydrogen) atoms. The maximum atomic E-state index is 10.4. The van der Waals surface area contributed by atoms with E-state index in [-0.39, 0.29) is 0 Å². The monoisotopic (exact) mass is 229 g/mol. The molecule has 1 aliphatic heterocycles. The number of rotatable bonds is 4. The van der Waals surface area contributed by atoms with Crippen molar-refractivity contribution >= 4 is 11.8 Å². The van der Waals surface area contributed by atoms with Crippen LogP contribution >= 0.6 is 11.8 Å². The molecule has 0 aromatic rings. The minimum absolute atomic E-state index is 0.482. The van der Waals surface area contributed by atoms with Gasteiger partial charge < -0.3 is 10.4 Å². The van der Waals surface area contributed by atoms with Crippen LogP contribution in [0.1, 0.15) is 39.0 Å². The van der Waals surface area contributed by atoms with Gasteiger partial charge in [0.15, 0.2) is 0 Å². The molecular formula is C12H23NOS. The molecule has 1 saturated heterocycles. The Bertz CT molecular complexity index is 196. The van der Waals surface area contributed by atoms with Crippen LogP contribution < -0.4 is 5.32 Å². The number of aliphatic hydroxyl groups is 1. The Hall–Kier alpha value is 0.270. The van der Waals surface area contributed by atoms with Gasteiger partial charge in [-0.25, -0.2) is 0 Å². The van der Waals surface area contributed by atoms with E-state index in [1.165, 1.54) is 43.6 Å². The molecule has 0 radical (unpaired) electrons. The third-order valence-corrected chi connectivity index (χ3v) is 5.08. The van der Waals surface area contributed by atoms with E-state index in [0.29, 0.717) is 12.0 Å². The maximum absolute atomic E-state index is 10.4. The number of thioether (sulfide) groups is 1. The largest absolute Gasteiger partial charge is 0.389 e. The normalized spacial score (nSPS) is 32.0. The quantitative estimate of drug-likeness (QED) is 0.773. The predicted octanol–water partition coefficient (Wildman–Crippen LogP) is 2.02. The zero-order valence-corrected chi connectivity index (χ0v) is 10.5. The van der Waals surface area contributed by atoms with Crippen LogP contribution in [0.4, 0.5) is 0 Å². The summed E-state index contributed by atoms with van der Waals surface area (Å²) in [5, 5.41) is 13.9. The van der Waals surface area contributed by atoms with Crippen molar-refractivity contribution < 1.29 is 5.11 Å². The summed E-state index contributed by atoms with van der Waals surface area (Å²) >= 11 is 2.02. The van der Waals surface area contributed by atoms with Crippen LogP contribution in [0.25, 0.3) is 0 Å². The number of nitrogens with one attached hydrogen (secondary N) is 1. The Morgan fingerprint density at radius 1 is 1.33 bits per heavy atom. The van der Waals surface area contributed by atoms with E-state index in [9.17, 15) is 5.11 Å². The lowest BCUT2D eigenvalue weighted by Gasteiger charge is -2.31. The van der Waals surface area contributed by atoms with Crippen molar-refractivity contribution in [3.05, 3.63) is 0 Å². The molecule has 1 heterocycles. The number of hydrogen-bond donors (Lipinski definition) is 2. The molecule has 1 aliphatic carbocycles. The van der Waals surface area contributed by atoms with Gasteiger partial charge in [0.2, 0.25) is 0 Å². The highest BCUT2D eigenvalue weighted by molar-refractivity contribution is 7.99. The molecule has 2 aliphatic rings. The lowest BCUT2D eigenvalue weighted by Crippen LogP contribution is -2.46. The van der Waals surface area contributed by atoms with E-state index < -0.39 is 5.60 Å². The van der Waals surface area contributed by atoms with Crippen molar-refractivity contribution in [3.63, 3.8) is 0 Å². The van der Waals surface area contributed by atoms with Gasteiger partial charge >= 0.3 is 0 Å². The van der Waals surface area contributed by atoms with Crippen LogP contribution in [0.3, 0.4) is 0 Å². The average molecular weight is 229 g/mol. The first kappa shape index (κ1) is 11.7. The molecule has 2 N–H and O–H groups in total. The number of hydrogen-bond acceptors (Lipinski definition) is 3. The molecule has 0 spiro atoms. The van der Waals surface area contributed by atoms with E-state index in [1.807, 2.05) is 18.7 Å². The fourth-order valence-electron chi connectivity index (χ4n) is 2.74. The molecule has 2 nitrogen and oxygen atoms in total. The van der Waals surface area contributed by atoms with Crippen LogP contribution in [-0.2, 0) is 0 Å². The summed E-state index contributed by atoms with van der Waals surface area (Å²) < 4.78 is 0. The summed E-state index contributed by atoms with van der Waals surface area (Å²) in [6, 6.07) is 0.642. The van der Waals surface area contributed by atoms with Crippen LogP contribution in [0.5, 0.6) is 0 Å². The third kappa shape index (κ3) is 3.11. The summed E-state index contributed by atoms with van der Waals surface area (Å²) in [5.74, 6) is 3.03. The second kappa shape index (κ2) is 5.07. The Kier molecular flexibility index (Phi) is 3.97. The third-order valence-electron chi connectivity index (χ3n) is 3.91. The smallest absolute Gasteiger partial charge is 0.0771 e. The van der Waals surface area contributed by atoms with Gasteiger partial charge in [-0.2, -0.15) is 11.8 Å². The van der Waals surface area contributed by atoms with E-state index >= 15 is 0 Å². The summed E-state index contributed by atoms with van der Waals surface area (Å²) in [4.78, 5) is 0. The lowest BCUT2D eigenvalue weighted by atomic mass is 9.87. The van der Waals surface area contributed by atoms with Crippen molar-refractivity contribution in [3.8, 4) is 0 Å². The average Bonchev–Trinajstić information content (AvgIpc) is 2.88. The Morgan fingerprint density at radius 2 is 2.07 bits per heavy atom. The van der Waals surface area contributed by atoms with Gasteiger partial charge in [0.1, 0.15) is 0 Å². The summed E-state index contributed by atoms with van der Waals surface area (Å²) in [7, 11) is 0. The Balaban J connectivity index is 1.75. The van der Waals surface area contributed by atoms with Crippen molar-refractivity contribution in [2.75, 3.05) is 18.1 Å². The second-order valence-electron chi connectivity index (χ2n) is 5.28. The van der Waals surface area contributed by atoms with Gasteiger partial charge in [-0.1, -0.05) is 12.8 Å². The van der Waals surface area contributed by atoms with Gasteiger partial charge in [-0.05, 0) is 37.9 Å². The van der Waals surface area contributed by atoms with Crippen LogP contribution in [-0.4, -0.2) is 34.8 Å². The SMILES string of the molecule is CC(O)(CNC1CCSC1)C1CCCC1. The summed E-state index contributed by atoms with van der Waals surface area (Å²) in [6.45, 7) is 2.79. The van der Waals surface area contributed by atoms with Crippen molar-refractivity contribution in [2.24, 2.45) is 5.92 Å². The first-order valence-electron chi connectivity index (χ1n) is 6.22. The van der Waals surface area contributed by atoms with Crippen LogP contribution in [0.15, 0.2) is 0 Å². The Morgan fingerprint density at radius 3 is 2.67 bits per heavy atom. The molecule has 0 aromatic carbocycles. The molecule has 2 atom stereocenters. The zero-order chi connectivity index (χ0) is 10.7. The van der Waals surface area contributed by atoms with Crippen molar-refractivity contribution in [1.82, 2.24) is 5.32 Å². The minimum atomic E-state index is -0.482.